The van der Waals surface area contributed by atoms with Gasteiger partial charge in [0, 0.05) is 31.7 Å². The summed E-state index contributed by atoms with van der Waals surface area (Å²) < 4.78 is 5.36. The van der Waals surface area contributed by atoms with Gasteiger partial charge in [0.15, 0.2) is 11.6 Å². The molecule has 3 aromatic rings. The molecule has 5 N–H and O–H groups in total. The first kappa shape index (κ1) is 19.9. The molecule has 0 atom stereocenters. The summed E-state index contributed by atoms with van der Waals surface area (Å²) in [7, 11) is 0. The van der Waals surface area contributed by atoms with E-state index in [1.165, 1.54) is 6.33 Å². The number of hydrazine groups is 1. The summed E-state index contributed by atoms with van der Waals surface area (Å²) in [6, 6.07) is 13.3. The second kappa shape index (κ2) is 9.38. The first-order valence-corrected chi connectivity index (χ1v) is 9.91. The van der Waals surface area contributed by atoms with E-state index in [1.807, 2.05) is 36.4 Å². The molecule has 0 saturated carbocycles. The largest absolute Gasteiger partial charge is 0.393 e. The molecule has 4 rings (SSSR count). The number of rotatable bonds is 7. The number of morpholine rings is 1. The van der Waals surface area contributed by atoms with Crippen molar-refractivity contribution in [3.8, 4) is 0 Å². The van der Waals surface area contributed by atoms with Gasteiger partial charge >= 0.3 is 0 Å². The standard InChI is InChI=1S/C21H25N7O2/c22-18-19(23-8-9-28-10-12-30-13-11-28)24-14-25-20(18)26-27-21(29)17-7-3-5-15-4-1-2-6-16(15)17/h1-7,14H,8-13,22H2,(H,27,29)(H2,23,24,25,26). The van der Waals surface area contributed by atoms with Crippen molar-refractivity contribution in [3.63, 3.8) is 0 Å². The Morgan fingerprint density at radius 2 is 1.83 bits per heavy atom. The molecule has 1 aromatic heterocycles. The number of hydrogen-bond acceptors (Lipinski definition) is 8. The van der Waals surface area contributed by atoms with Gasteiger partial charge in [0.1, 0.15) is 12.0 Å². The van der Waals surface area contributed by atoms with Crippen LogP contribution in [0.25, 0.3) is 10.8 Å². The quantitative estimate of drug-likeness (QED) is 0.437. The van der Waals surface area contributed by atoms with Crippen LogP contribution in [0.1, 0.15) is 10.4 Å². The molecule has 1 amide bonds. The number of nitrogens with one attached hydrogen (secondary N) is 3. The number of nitrogen functional groups attached to an aromatic ring is 1. The van der Waals surface area contributed by atoms with Crippen molar-refractivity contribution < 1.29 is 9.53 Å². The minimum absolute atomic E-state index is 0.272. The van der Waals surface area contributed by atoms with E-state index in [2.05, 4.69) is 31.0 Å². The summed E-state index contributed by atoms with van der Waals surface area (Å²) in [6.45, 7) is 4.94. The lowest BCUT2D eigenvalue weighted by molar-refractivity contribution is 0.0398. The number of aromatic nitrogens is 2. The summed E-state index contributed by atoms with van der Waals surface area (Å²) >= 11 is 0. The molecule has 0 bridgehead atoms. The van der Waals surface area contributed by atoms with Gasteiger partial charge in [0.25, 0.3) is 5.91 Å². The lowest BCUT2D eigenvalue weighted by atomic mass is 10.0. The Bertz CT molecular complexity index is 1020. The fraction of sp³-hybridized carbons (Fsp3) is 0.286. The summed E-state index contributed by atoms with van der Waals surface area (Å²) in [5.41, 5.74) is 12.6. The highest BCUT2D eigenvalue weighted by atomic mass is 16.5. The van der Waals surface area contributed by atoms with Gasteiger partial charge in [-0.05, 0) is 16.8 Å². The highest BCUT2D eigenvalue weighted by Gasteiger charge is 2.13. The third-order valence-electron chi connectivity index (χ3n) is 5.04. The normalized spacial score (nSPS) is 14.4. The summed E-state index contributed by atoms with van der Waals surface area (Å²) in [4.78, 5) is 23.3. The van der Waals surface area contributed by atoms with Gasteiger partial charge in [-0.1, -0.05) is 36.4 Å². The number of ether oxygens (including phenoxy) is 1. The summed E-state index contributed by atoms with van der Waals surface area (Å²) in [6.07, 6.45) is 1.40. The lowest BCUT2D eigenvalue weighted by Gasteiger charge is -2.26. The second-order valence-corrected chi connectivity index (χ2v) is 6.97. The number of benzene rings is 2. The predicted octanol–water partition coefficient (Wildman–Crippen LogP) is 1.71. The van der Waals surface area contributed by atoms with E-state index in [-0.39, 0.29) is 5.91 Å². The SMILES string of the molecule is Nc1c(NCCN2CCOCC2)ncnc1NNC(=O)c1cccc2ccccc12. The topological polar surface area (TPSA) is 117 Å². The van der Waals surface area contributed by atoms with E-state index in [0.717, 1.165) is 43.6 Å². The zero-order chi connectivity index (χ0) is 20.8. The van der Waals surface area contributed by atoms with Gasteiger partial charge in [-0.2, -0.15) is 0 Å². The van der Waals surface area contributed by atoms with Crippen LogP contribution in [0, 0.1) is 0 Å². The molecule has 0 radical (unpaired) electrons. The Hall–Kier alpha value is -3.43. The number of nitrogens with two attached hydrogens (primary N) is 1. The van der Waals surface area contributed by atoms with Crippen LogP contribution in [0.5, 0.6) is 0 Å². The van der Waals surface area contributed by atoms with E-state index in [4.69, 9.17) is 10.5 Å². The van der Waals surface area contributed by atoms with Crippen LogP contribution in [0.3, 0.4) is 0 Å². The number of carbonyl (C=O) groups is 1. The Labute approximate surface area is 174 Å². The number of fused-ring (bicyclic) bond motifs is 1. The maximum absolute atomic E-state index is 12.7. The molecule has 2 aromatic carbocycles. The second-order valence-electron chi connectivity index (χ2n) is 6.97. The minimum atomic E-state index is -0.272. The molecule has 1 aliphatic rings. The van der Waals surface area contributed by atoms with Crippen molar-refractivity contribution in [2.75, 3.05) is 55.9 Å². The van der Waals surface area contributed by atoms with Crippen LogP contribution < -0.4 is 21.9 Å². The maximum atomic E-state index is 12.7. The third kappa shape index (κ3) is 4.58. The van der Waals surface area contributed by atoms with Crippen molar-refractivity contribution in [2.45, 2.75) is 0 Å². The lowest BCUT2D eigenvalue weighted by Crippen LogP contribution is -2.39. The van der Waals surface area contributed by atoms with E-state index < -0.39 is 0 Å². The van der Waals surface area contributed by atoms with Crippen LogP contribution in [-0.4, -0.2) is 60.2 Å². The number of amides is 1. The van der Waals surface area contributed by atoms with Gasteiger partial charge in [-0.15, -0.1) is 0 Å². The van der Waals surface area contributed by atoms with Gasteiger partial charge in [-0.3, -0.25) is 20.5 Å². The van der Waals surface area contributed by atoms with Crippen LogP contribution in [0.15, 0.2) is 48.8 Å². The van der Waals surface area contributed by atoms with Crippen molar-refractivity contribution in [2.24, 2.45) is 0 Å². The van der Waals surface area contributed by atoms with Crippen LogP contribution >= 0.6 is 0 Å². The molecule has 9 heteroatoms. The Balaban J connectivity index is 1.37. The Morgan fingerprint density at radius 1 is 1.07 bits per heavy atom. The molecule has 1 fully saturated rings. The van der Waals surface area contributed by atoms with Crippen LogP contribution in [-0.2, 0) is 4.74 Å². The maximum Gasteiger partial charge on any atom is 0.270 e. The smallest absolute Gasteiger partial charge is 0.270 e. The Kier molecular flexibility index (Phi) is 6.21. The predicted molar refractivity (Wildman–Crippen MR) is 117 cm³/mol. The number of hydrogen-bond donors (Lipinski definition) is 4. The van der Waals surface area contributed by atoms with E-state index in [9.17, 15) is 4.79 Å². The van der Waals surface area contributed by atoms with Gasteiger partial charge in [0.05, 0.1) is 13.2 Å². The zero-order valence-electron chi connectivity index (χ0n) is 16.6. The van der Waals surface area contributed by atoms with Crippen LogP contribution in [0.4, 0.5) is 17.3 Å². The number of anilines is 3. The fourth-order valence-electron chi connectivity index (χ4n) is 3.40. The average molecular weight is 407 g/mol. The molecule has 0 aliphatic carbocycles. The third-order valence-corrected chi connectivity index (χ3v) is 5.04. The van der Waals surface area contributed by atoms with Crippen molar-refractivity contribution in [3.05, 3.63) is 54.4 Å². The monoisotopic (exact) mass is 407 g/mol. The van der Waals surface area contributed by atoms with Gasteiger partial charge in [0.2, 0.25) is 0 Å². The molecule has 2 heterocycles. The average Bonchev–Trinajstić information content (AvgIpc) is 2.79. The molecular formula is C21H25N7O2. The van der Waals surface area contributed by atoms with E-state index in [0.29, 0.717) is 29.4 Å². The molecule has 1 saturated heterocycles. The van der Waals surface area contributed by atoms with E-state index in [1.54, 1.807) is 6.07 Å². The first-order valence-electron chi connectivity index (χ1n) is 9.91. The summed E-state index contributed by atoms with van der Waals surface area (Å²) in [5.74, 6) is 0.597. The van der Waals surface area contributed by atoms with Crippen LogP contribution in [0.2, 0.25) is 0 Å². The molecule has 9 nitrogen and oxygen atoms in total. The first-order chi connectivity index (χ1) is 14.7. The summed E-state index contributed by atoms with van der Waals surface area (Å²) in [5, 5.41) is 5.11. The zero-order valence-corrected chi connectivity index (χ0v) is 16.6. The number of nitrogens with zero attached hydrogens (tertiary/aromatic N) is 3. The Morgan fingerprint density at radius 3 is 2.70 bits per heavy atom. The fourth-order valence-corrected chi connectivity index (χ4v) is 3.40. The molecule has 30 heavy (non-hydrogen) atoms. The van der Waals surface area contributed by atoms with Gasteiger partial charge < -0.3 is 15.8 Å². The number of carbonyl (C=O) groups excluding carboxylic acids is 1. The highest BCUT2D eigenvalue weighted by Crippen LogP contribution is 2.22. The molecule has 1 aliphatic heterocycles. The molecule has 0 unspecified atom stereocenters. The van der Waals surface area contributed by atoms with Crippen molar-refractivity contribution in [1.82, 2.24) is 20.3 Å². The highest BCUT2D eigenvalue weighted by molar-refractivity contribution is 6.07. The van der Waals surface area contributed by atoms with Crippen molar-refractivity contribution in [1.29, 1.82) is 0 Å². The van der Waals surface area contributed by atoms with Gasteiger partial charge in [-0.25, -0.2) is 9.97 Å². The molecular weight excluding hydrogens is 382 g/mol. The molecule has 156 valence electrons. The minimum Gasteiger partial charge on any atom is -0.393 e. The molecule has 0 spiro atoms. The van der Waals surface area contributed by atoms with Crippen molar-refractivity contribution >= 4 is 34.0 Å². The van der Waals surface area contributed by atoms with E-state index >= 15 is 0 Å².